The van der Waals surface area contributed by atoms with Crippen LogP contribution in [-0.2, 0) is 11.3 Å². The van der Waals surface area contributed by atoms with Crippen LogP contribution < -0.4 is 0 Å². The van der Waals surface area contributed by atoms with E-state index in [2.05, 4.69) is 0 Å². The molecule has 0 spiro atoms. The van der Waals surface area contributed by atoms with Crippen LogP contribution in [0.3, 0.4) is 0 Å². The van der Waals surface area contributed by atoms with Gasteiger partial charge in [-0.15, -0.1) is 0 Å². The van der Waals surface area contributed by atoms with Gasteiger partial charge in [0.25, 0.3) is 5.69 Å². The van der Waals surface area contributed by atoms with Crippen LogP contribution in [0.5, 0.6) is 0 Å². The van der Waals surface area contributed by atoms with E-state index >= 15 is 0 Å². The Kier molecular flexibility index (Phi) is 4.05. The van der Waals surface area contributed by atoms with Crippen molar-refractivity contribution in [2.24, 2.45) is 0 Å². The predicted molar refractivity (Wildman–Crippen MR) is 68.6 cm³/mol. The lowest BCUT2D eigenvalue weighted by Crippen LogP contribution is -2.07. The predicted octanol–water partition coefficient (Wildman–Crippen LogP) is 3.09. The molecular weight excluding hydrogens is 265 g/mol. The van der Waals surface area contributed by atoms with Crippen molar-refractivity contribution in [3.63, 3.8) is 0 Å². The number of rotatable bonds is 4. The van der Waals surface area contributed by atoms with Gasteiger partial charge >= 0.3 is 5.97 Å². The van der Waals surface area contributed by atoms with Crippen LogP contribution in [0.15, 0.2) is 48.5 Å². The largest absolute Gasteiger partial charge is 0.457 e. The van der Waals surface area contributed by atoms with Gasteiger partial charge in [-0.3, -0.25) is 10.1 Å². The average molecular weight is 275 g/mol. The van der Waals surface area contributed by atoms with Crippen molar-refractivity contribution in [3.05, 3.63) is 75.6 Å². The molecule has 0 aliphatic carbocycles. The van der Waals surface area contributed by atoms with Crippen LogP contribution in [0.2, 0.25) is 0 Å². The number of benzene rings is 2. The zero-order valence-electron chi connectivity index (χ0n) is 10.3. The summed E-state index contributed by atoms with van der Waals surface area (Å²) >= 11 is 0. The molecule has 0 saturated carbocycles. The first-order valence-electron chi connectivity index (χ1n) is 5.73. The molecule has 0 heterocycles. The third-order valence-electron chi connectivity index (χ3n) is 2.59. The highest BCUT2D eigenvalue weighted by Crippen LogP contribution is 2.15. The molecule has 20 heavy (non-hydrogen) atoms. The van der Waals surface area contributed by atoms with Crippen LogP contribution in [0.25, 0.3) is 0 Å². The van der Waals surface area contributed by atoms with E-state index in [1.54, 1.807) is 6.07 Å². The van der Waals surface area contributed by atoms with E-state index in [4.69, 9.17) is 4.74 Å². The van der Waals surface area contributed by atoms with Gasteiger partial charge in [0.2, 0.25) is 0 Å². The summed E-state index contributed by atoms with van der Waals surface area (Å²) in [5.41, 5.74) is 0.200. The van der Waals surface area contributed by atoms with Gasteiger partial charge in [-0.05, 0) is 17.7 Å². The monoisotopic (exact) mass is 275 g/mol. The second-order valence-corrected chi connectivity index (χ2v) is 3.98. The molecule has 2 rings (SSSR count). The zero-order valence-corrected chi connectivity index (χ0v) is 10.3. The smallest absolute Gasteiger partial charge is 0.341 e. The van der Waals surface area contributed by atoms with Crippen molar-refractivity contribution in [2.75, 3.05) is 0 Å². The Morgan fingerprint density at radius 1 is 1.20 bits per heavy atom. The Hall–Kier alpha value is -2.76. The quantitative estimate of drug-likeness (QED) is 0.488. The Bertz CT molecular complexity index is 657. The Balaban J connectivity index is 2.06. The first-order chi connectivity index (χ1) is 9.58. The van der Waals surface area contributed by atoms with Crippen molar-refractivity contribution < 1.29 is 18.8 Å². The number of carbonyl (C=O) groups is 1. The maximum Gasteiger partial charge on any atom is 0.341 e. The highest BCUT2D eigenvalue weighted by Gasteiger charge is 2.13. The molecule has 0 saturated heterocycles. The molecule has 0 bridgehead atoms. The second-order valence-electron chi connectivity index (χ2n) is 3.98. The molecule has 5 nitrogen and oxygen atoms in total. The van der Waals surface area contributed by atoms with Gasteiger partial charge in [-0.2, -0.15) is 0 Å². The molecule has 0 unspecified atom stereocenters. The average Bonchev–Trinajstić information content (AvgIpc) is 2.45. The summed E-state index contributed by atoms with van der Waals surface area (Å²) in [4.78, 5) is 21.7. The standard InChI is InChI=1S/C14H10FNO4/c15-13-7-2-1-6-12(13)14(17)20-9-10-4-3-5-11(8-10)16(18)19/h1-8H,9H2. The molecule has 0 atom stereocenters. The van der Waals surface area contributed by atoms with E-state index < -0.39 is 16.7 Å². The first kappa shape index (κ1) is 13.7. The Morgan fingerprint density at radius 3 is 2.65 bits per heavy atom. The molecular formula is C14H10FNO4. The van der Waals surface area contributed by atoms with Gasteiger partial charge in [0.05, 0.1) is 10.5 Å². The SMILES string of the molecule is O=C(OCc1cccc([N+](=O)[O-])c1)c1ccccc1F. The maximum absolute atomic E-state index is 13.3. The first-order valence-corrected chi connectivity index (χ1v) is 5.73. The summed E-state index contributed by atoms with van der Waals surface area (Å²) in [5, 5.41) is 10.6. The number of ether oxygens (including phenoxy) is 1. The topological polar surface area (TPSA) is 69.4 Å². The molecule has 6 heteroatoms. The summed E-state index contributed by atoms with van der Waals surface area (Å²) in [7, 11) is 0. The van der Waals surface area contributed by atoms with Gasteiger partial charge in [0.15, 0.2) is 0 Å². The van der Waals surface area contributed by atoms with Crippen molar-refractivity contribution in [2.45, 2.75) is 6.61 Å². The zero-order chi connectivity index (χ0) is 14.5. The molecule has 102 valence electrons. The molecule has 0 aliphatic heterocycles. The van der Waals surface area contributed by atoms with Gasteiger partial charge in [0.1, 0.15) is 12.4 Å². The summed E-state index contributed by atoms with van der Waals surface area (Å²) < 4.78 is 18.3. The fraction of sp³-hybridized carbons (Fsp3) is 0.0714. The van der Waals surface area contributed by atoms with Gasteiger partial charge < -0.3 is 4.74 Å². The number of hydrogen-bond acceptors (Lipinski definition) is 4. The van der Waals surface area contributed by atoms with Crippen molar-refractivity contribution >= 4 is 11.7 Å². The van der Waals surface area contributed by atoms with Crippen molar-refractivity contribution in [1.82, 2.24) is 0 Å². The molecule has 0 fully saturated rings. The molecule has 0 radical (unpaired) electrons. The number of esters is 1. The number of non-ortho nitro benzene ring substituents is 1. The van der Waals surface area contributed by atoms with Crippen molar-refractivity contribution in [3.8, 4) is 0 Å². The van der Waals surface area contributed by atoms with Gasteiger partial charge in [-0.25, -0.2) is 9.18 Å². The second kappa shape index (κ2) is 5.92. The fourth-order valence-corrected chi connectivity index (χ4v) is 1.61. The highest BCUT2D eigenvalue weighted by molar-refractivity contribution is 5.89. The molecule has 0 N–H and O–H groups in total. The van der Waals surface area contributed by atoms with Gasteiger partial charge in [-0.1, -0.05) is 24.3 Å². The molecule has 0 amide bonds. The minimum absolute atomic E-state index is 0.0931. The number of hydrogen-bond donors (Lipinski definition) is 0. The highest BCUT2D eigenvalue weighted by atomic mass is 19.1. The number of nitrogens with zero attached hydrogens (tertiary/aromatic N) is 1. The summed E-state index contributed by atoms with van der Waals surface area (Å²) in [6.07, 6.45) is 0. The normalized spacial score (nSPS) is 10.1. The summed E-state index contributed by atoms with van der Waals surface area (Å²) in [6, 6.07) is 11.2. The summed E-state index contributed by atoms with van der Waals surface area (Å²) in [5.74, 6) is -1.48. The molecule has 0 aromatic heterocycles. The van der Waals surface area contributed by atoms with E-state index in [9.17, 15) is 19.3 Å². The Morgan fingerprint density at radius 2 is 1.95 bits per heavy atom. The third kappa shape index (κ3) is 3.17. The van der Waals surface area contributed by atoms with E-state index in [0.29, 0.717) is 5.56 Å². The minimum atomic E-state index is -0.811. The number of carbonyl (C=O) groups excluding carboxylic acids is 1. The number of nitro benzene ring substituents is 1. The number of nitro groups is 1. The van der Waals surface area contributed by atoms with Crippen LogP contribution in [0.1, 0.15) is 15.9 Å². The van der Waals surface area contributed by atoms with Gasteiger partial charge in [0, 0.05) is 12.1 Å². The Labute approximate surface area is 113 Å². The van der Waals surface area contributed by atoms with Crippen LogP contribution in [0, 0.1) is 15.9 Å². The van der Waals surface area contributed by atoms with E-state index in [0.717, 1.165) is 6.07 Å². The lowest BCUT2D eigenvalue weighted by atomic mass is 10.2. The third-order valence-corrected chi connectivity index (χ3v) is 2.59. The maximum atomic E-state index is 13.3. The van der Waals surface area contributed by atoms with Crippen LogP contribution >= 0.6 is 0 Å². The summed E-state index contributed by atoms with van der Waals surface area (Å²) in [6.45, 7) is -0.158. The van der Waals surface area contributed by atoms with Crippen LogP contribution in [0.4, 0.5) is 10.1 Å². The lowest BCUT2D eigenvalue weighted by molar-refractivity contribution is -0.384. The fourth-order valence-electron chi connectivity index (χ4n) is 1.61. The minimum Gasteiger partial charge on any atom is -0.457 e. The van der Waals surface area contributed by atoms with Crippen molar-refractivity contribution in [1.29, 1.82) is 0 Å². The lowest BCUT2D eigenvalue weighted by Gasteiger charge is -2.05. The van der Waals surface area contributed by atoms with E-state index in [1.165, 1.54) is 36.4 Å². The van der Waals surface area contributed by atoms with E-state index in [-0.39, 0.29) is 17.9 Å². The molecule has 2 aromatic carbocycles. The van der Waals surface area contributed by atoms with Crippen LogP contribution in [-0.4, -0.2) is 10.9 Å². The molecule has 2 aromatic rings. The number of halogens is 1. The van der Waals surface area contributed by atoms with E-state index in [1.807, 2.05) is 0 Å². The molecule has 0 aliphatic rings.